The number of halogens is 2. The molecule has 4 aromatic rings. The Balaban J connectivity index is 0.00000171. The largest absolute Gasteiger partial charge is 0.348 e. The molecule has 0 aliphatic carbocycles. The number of hydrogen-bond donors (Lipinski definition) is 2. The maximum absolute atomic E-state index is 12.4. The van der Waals surface area contributed by atoms with Gasteiger partial charge in [0.25, 0.3) is 0 Å². The van der Waals surface area contributed by atoms with Gasteiger partial charge in [0.05, 0.1) is 12.4 Å². The van der Waals surface area contributed by atoms with Gasteiger partial charge in [-0.1, -0.05) is 78.9 Å². The van der Waals surface area contributed by atoms with Crippen molar-refractivity contribution in [3.8, 4) is 22.3 Å². The van der Waals surface area contributed by atoms with Gasteiger partial charge < -0.3 is 10.7 Å². The first-order valence-corrected chi connectivity index (χ1v) is 9.69. The molecule has 0 fully saturated rings. The van der Waals surface area contributed by atoms with Crippen molar-refractivity contribution < 1.29 is 4.79 Å². The van der Waals surface area contributed by atoms with E-state index in [1.165, 1.54) is 11.1 Å². The highest BCUT2D eigenvalue weighted by Crippen LogP contribution is 2.25. The van der Waals surface area contributed by atoms with E-state index in [-0.39, 0.29) is 30.6 Å². The molecule has 160 valence electrons. The number of nitrogens with zero attached hydrogens (tertiary/aromatic N) is 1. The fourth-order valence-electron chi connectivity index (χ4n) is 3.38. The smallest absolute Gasteiger partial charge is 0.154 e. The molecule has 3 N–H and O–H groups in total. The molecular formula is C25H25Cl2N3O. The van der Waals surface area contributed by atoms with Crippen molar-refractivity contribution in [1.82, 2.24) is 9.97 Å². The third-order valence-corrected chi connectivity index (χ3v) is 5.07. The second-order valence-electron chi connectivity index (χ2n) is 7.17. The van der Waals surface area contributed by atoms with Crippen molar-refractivity contribution in [2.75, 3.05) is 0 Å². The molecule has 3 aromatic carbocycles. The molecule has 0 radical (unpaired) electrons. The van der Waals surface area contributed by atoms with Gasteiger partial charge in [0.15, 0.2) is 5.78 Å². The van der Waals surface area contributed by atoms with E-state index in [0.29, 0.717) is 12.8 Å². The van der Waals surface area contributed by atoms with Crippen molar-refractivity contribution in [2.24, 2.45) is 5.73 Å². The Morgan fingerprint density at radius 1 is 0.806 bits per heavy atom. The molecule has 4 nitrogen and oxygen atoms in total. The zero-order chi connectivity index (χ0) is 20.1. The maximum atomic E-state index is 12.4. The Morgan fingerprint density at radius 2 is 1.32 bits per heavy atom. The van der Waals surface area contributed by atoms with Crippen molar-refractivity contribution in [1.29, 1.82) is 0 Å². The molecule has 0 saturated carbocycles. The number of rotatable bonds is 7. The van der Waals surface area contributed by atoms with Crippen LogP contribution in [0, 0.1) is 0 Å². The van der Waals surface area contributed by atoms with Gasteiger partial charge in [-0.15, -0.1) is 24.8 Å². The van der Waals surface area contributed by atoms with Gasteiger partial charge in [0.1, 0.15) is 0 Å². The van der Waals surface area contributed by atoms with E-state index in [2.05, 4.69) is 58.5 Å². The second kappa shape index (κ2) is 11.5. The van der Waals surface area contributed by atoms with E-state index < -0.39 is 6.04 Å². The molecule has 1 heterocycles. The fourth-order valence-corrected chi connectivity index (χ4v) is 3.38. The highest BCUT2D eigenvalue weighted by Gasteiger charge is 2.15. The number of nitrogens with one attached hydrogen (secondary N) is 1. The van der Waals surface area contributed by atoms with Crippen LogP contribution in [0.5, 0.6) is 0 Å². The van der Waals surface area contributed by atoms with Gasteiger partial charge >= 0.3 is 0 Å². The summed E-state index contributed by atoms with van der Waals surface area (Å²) in [5, 5.41) is 0. The summed E-state index contributed by atoms with van der Waals surface area (Å²) in [4.78, 5) is 19.3. The van der Waals surface area contributed by atoms with Crippen molar-refractivity contribution in [3.05, 3.63) is 103 Å². The fraction of sp³-hybridized carbons (Fsp3) is 0.120. The van der Waals surface area contributed by atoms with Crippen LogP contribution in [-0.2, 0) is 17.6 Å². The molecule has 0 aliphatic heterocycles. The molecule has 1 aromatic heterocycles. The summed E-state index contributed by atoms with van der Waals surface area (Å²) in [7, 11) is 0. The molecule has 0 amide bonds. The third-order valence-electron chi connectivity index (χ3n) is 5.07. The summed E-state index contributed by atoms with van der Waals surface area (Å²) in [5.74, 6) is 0.0274. The standard InChI is InChI=1S/C25H23N3O.2ClH/c26-24(15-23-16-27-17-28-23)25(29)14-18-6-8-20(9-7-18)22-12-10-21(11-13-22)19-4-2-1-3-5-19;;/h1-13,16-17,24H,14-15,26H2,(H,27,28);2*1H/t24-;;/m0../s1. The van der Waals surface area contributed by atoms with Crippen LogP contribution < -0.4 is 5.73 Å². The van der Waals surface area contributed by atoms with Crippen LogP contribution >= 0.6 is 24.8 Å². The second-order valence-corrected chi connectivity index (χ2v) is 7.17. The highest BCUT2D eigenvalue weighted by molar-refractivity contribution is 5.86. The summed E-state index contributed by atoms with van der Waals surface area (Å²) in [6.07, 6.45) is 4.11. The average Bonchev–Trinajstić information content (AvgIpc) is 3.28. The summed E-state index contributed by atoms with van der Waals surface area (Å²) >= 11 is 0. The monoisotopic (exact) mass is 453 g/mol. The van der Waals surface area contributed by atoms with Crippen LogP contribution in [-0.4, -0.2) is 21.8 Å². The number of ketones is 1. The quantitative estimate of drug-likeness (QED) is 0.400. The SMILES string of the molecule is Cl.Cl.N[C@@H](Cc1cnc[nH]1)C(=O)Cc1ccc(-c2ccc(-c3ccccc3)cc2)cc1. The van der Waals surface area contributed by atoms with Gasteiger partial charge in [0, 0.05) is 24.7 Å². The Labute approximate surface area is 194 Å². The van der Waals surface area contributed by atoms with E-state index in [4.69, 9.17) is 5.73 Å². The molecule has 0 saturated heterocycles. The van der Waals surface area contributed by atoms with Crippen LogP contribution in [0.1, 0.15) is 11.3 Å². The van der Waals surface area contributed by atoms with E-state index in [1.807, 2.05) is 30.3 Å². The number of nitrogens with two attached hydrogens (primary N) is 1. The highest BCUT2D eigenvalue weighted by atomic mass is 35.5. The van der Waals surface area contributed by atoms with Crippen LogP contribution in [0.15, 0.2) is 91.4 Å². The van der Waals surface area contributed by atoms with Crippen LogP contribution in [0.25, 0.3) is 22.3 Å². The molecule has 1 atom stereocenters. The Morgan fingerprint density at radius 3 is 1.84 bits per heavy atom. The number of Topliss-reactive ketones (excluding diaryl/α,β-unsaturated/α-hetero) is 1. The zero-order valence-corrected chi connectivity index (χ0v) is 18.5. The molecule has 4 rings (SSSR count). The number of aromatic amines is 1. The van der Waals surface area contributed by atoms with Crippen molar-refractivity contribution in [3.63, 3.8) is 0 Å². The normalized spacial score (nSPS) is 11.1. The van der Waals surface area contributed by atoms with E-state index in [9.17, 15) is 4.79 Å². The van der Waals surface area contributed by atoms with Gasteiger partial charge in [-0.05, 0) is 27.8 Å². The minimum atomic E-state index is -0.527. The lowest BCUT2D eigenvalue weighted by molar-refractivity contribution is -0.119. The van der Waals surface area contributed by atoms with Crippen molar-refractivity contribution in [2.45, 2.75) is 18.9 Å². The Hall–Kier alpha value is -2.92. The number of H-pyrrole nitrogens is 1. The van der Waals surface area contributed by atoms with Crippen LogP contribution in [0.2, 0.25) is 0 Å². The molecule has 31 heavy (non-hydrogen) atoms. The minimum Gasteiger partial charge on any atom is -0.348 e. The summed E-state index contributed by atoms with van der Waals surface area (Å²) < 4.78 is 0. The maximum Gasteiger partial charge on any atom is 0.154 e. The number of aromatic nitrogens is 2. The summed E-state index contributed by atoms with van der Waals surface area (Å²) in [5.41, 5.74) is 12.6. The number of hydrogen-bond acceptors (Lipinski definition) is 3. The summed E-state index contributed by atoms with van der Waals surface area (Å²) in [6.45, 7) is 0. The van der Waals surface area contributed by atoms with Gasteiger partial charge in [-0.25, -0.2) is 4.98 Å². The average molecular weight is 454 g/mol. The molecule has 0 spiro atoms. The minimum absolute atomic E-state index is 0. The van der Waals surface area contributed by atoms with Crippen LogP contribution in [0.4, 0.5) is 0 Å². The molecule has 6 heteroatoms. The topological polar surface area (TPSA) is 71.8 Å². The molecule has 0 bridgehead atoms. The predicted octanol–water partition coefficient (Wildman–Crippen LogP) is 5.27. The lowest BCUT2D eigenvalue weighted by Gasteiger charge is -2.10. The molecule has 0 aliphatic rings. The van der Waals surface area contributed by atoms with Crippen LogP contribution in [0.3, 0.4) is 0 Å². The lowest BCUT2D eigenvalue weighted by Crippen LogP contribution is -2.34. The van der Waals surface area contributed by atoms with E-state index >= 15 is 0 Å². The number of carbonyl (C=O) groups is 1. The summed E-state index contributed by atoms with van der Waals surface area (Å²) in [6, 6.07) is 26.4. The van der Waals surface area contributed by atoms with E-state index in [0.717, 1.165) is 22.4 Å². The first-order chi connectivity index (χ1) is 14.2. The molecular weight excluding hydrogens is 429 g/mol. The Bertz CT molecular complexity index is 1060. The number of benzene rings is 3. The number of carbonyl (C=O) groups excluding carboxylic acids is 1. The van der Waals surface area contributed by atoms with Crippen molar-refractivity contribution >= 4 is 30.6 Å². The zero-order valence-electron chi connectivity index (χ0n) is 16.9. The van der Waals surface area contributed by atoms with Gasteiger partial charge in [-0.3, -0.25) is 4.79 Å². The number of imidazole rings is 1. The van der Waals surface area contributed by atoms with Gasteiger partial charge in [-0.2, -0.15) is 0 Å². The van der Waals surface area contributed by atoms with E-state index in [1.54, 1.807) is 12.5 Å². The van der Waals surface area contributed by atoms with Gasteiger partial charge in [0.2, 0.25) is 0 Å². The predicted molar refractivity (Wildman–Crippen MR) is 131 cm³/mol. The molecule has 0 unspecified atom stereocenters. The lowest BCUT2D eigenvalue weighted by atomic mass is 9.97. The first-order valence-electron chi connectivity index (χ1n) is 9.69. The Kier molecular flexibility index (Phi) is 9.01. The first kappa shape index (κ1) is 24.4. The third kappa shape index (κ3) is 6.28.